The van der Waals surface area contributed by atoms with Gasteiger partial charge in [-0.1, -0.05) is 6.92 Å². The molecule has 0 aliphatic carbocycles. The van der Waals surface area contributed by atoms with Crippen LogP contribution >= 0.6 is 0 Å². The number of carbonyl (C=O) groups excluding carboxylic acids is 1. The number of aryl methyl sites for hydroxylation is 1. The number of nitrogens with one attached hydrogen (secondary N) is 1. The Hall–Kier alpha value is -2.28. The zero-order valence-corrected chi connectivity index (χ0v) is 13.2. The largest absolute Gasteiger partial charge is 0.323 e. The molecule has 1 amide bonds. The van der Waals surface area contributed by atoms with Crippen LogP contribution in [-0.4, -0.2) is 26.8 Å². The van der Waals surface area contributed by atoms with Gasteiger partial charge in [0.1, 0.15) is 6.17 Å². The SMILES string of the molecule is C[C@H]1C(=O)Nc2cnn(C)c2-c2ccnc(c2)[C@@H](N)CCC1F. The molecular formula is C16H20FN5O. The van der Waals surface area contributed by atoms with E-state index in [1.54, 1.807) is 31.0 Å². The number of amides is 1. The van der Waals surface area contributed by atoms with Gasteiger partial charge in [-0.05, 0) is 25.0 Å². The van der Waals surface area contributed by atoms with Gasteiger partial charge in [-0.25, -0.2) is 4.39 Å². The molecule has 7 heteroatoms. The average Bonchev–Trinajstić information content (AvgIpc) is 2.91. The van der Waals surface area contributed by atoms with Crippen LogP contribution in [0.3, 0.4) is 0 Å². The quantitative estimate of drug-likeness (QED) is 0.780. The summed E-state index contributed by atoms with van der Waals surface area (Å²) in [5, 5.41) is 6.98. The maximum atomic E-state index is 14.3. The van der Waals surface area contributed by atoms with Crippen LogP contribution in [0.4, 0.5) is 10.1 Å². The molecule has 0 radical (unpaired) electrons. The second-order valence-electron chi connectivity index (χ2n) is 5.98. The smallest absolute Gasteiger partial charge is 0.230 e. The highest BCUT2D eigenvalue weighted by atomic mass is 19.1. The first-order valence-electron chi connectivity index (χ1n) is 7.66. The summed E-state index contributed by atoms with van der Waals surface area (Å²) in [6, 6.07) is 3.35. The first-order valence-corrected chi connectivity index (χ1v) is 7.66. The number of carbonyl (C=O) groups is 1. The van der Waals surface area contributed by atoms with Crippen LogP contribution in [0.25, 0.3) is 11.3 Å². The normalized spacial score (nSPS) is 25.0. The Kier molecular flexibility index (Phi) is 4.12. The van der Waals surface area contributed by atoms with E-state index in [0.717, 1.165) is 11.3 Å². The lowest BCUT2D eigenvalue weighted by atomic mass is 9.96. The van der Waals surface area contributed by atoms with E-state index in [2.05, 4.69) is 15.4 Å². The lowest BCUT2D eigenvalue weighted by Crippen LogP contribution is -2.29. The molecule has 2 aromatic rings. The third-order valence-electron chi connectivity index (χ3n) is 4.34. The lowest BCUT2D eigenvalue weighted by Gasteiger charge is -2.20. The third kappa shape index (κ3) is 2.96. The predicted molar refractivity (Wildman–Crippen MR) is 85.3 cm³/mol. The van der Waals surface area contributed by atoms with E-state index in [1.165, 1.54) is 0 Å². The summed E-state index contributed by atoms with van der Waals surface area (Å²) in [4.78, 5) is 16.6. The molecule has 2 bridgehead atoms. The maximum absolute atomic E-state index is 14.3. The van der Waals surface area contributed by atoms with E-state index in [4.69, 9.17) is 5.73 Å². The lowest BCUT2D eigenvalue weighted by molar-refractivity contribution is -0.121. The number of fused-ring (bicyclic) bond motifs is 4. The van der Waals surface area contributed by atoms with Crippen molar-refractivity contribution in [2.45, 2.75) is 32.0 Å². The number of aromatic nitrogens is 3. The van der Waals surface area contributed by atoms with Gasteiger partial charge in [0.25, 0.3) is 0 Å². The van der Waals surface area contributed by atoms with Gasteiger partial charge in [-0.2, -0.15) is 5.10 Å². The highest BCUT2D eigenvalue weighted by molar-refractivity contribution is 5.96. The van der Waals surface area contributed by atoms with Gasteiger partial charge in [0.2, 0.25) is 5.91 Å². The van der Waals surface area contributed by atoms with E-state index in [-0.39, 0.29) is 18.4 Å². The standard InChI is InChI=1S/C16H20FN5O/c1-9-11(17)3-4-12(18)13-7-10(5-6-19-13)15-14(21-16(9)23)8-20-22(15)2/h5-9,11-12H,3-4,18H2,1-2H3,(H,21,23)/t9-,11?,12+/m1/s1. The van der Waals surface area contributed by atoms with Crippen LogP contribution in [0, 0.1) is 5.92 Å². The van der Waals surface area contributed by atoms with Crippen LogP contribution in [0.2, 0.25) is 0 Å². The Bertz CT molecular complexity index is 729. The summed E-state index contributed by atoms with van der Waals surface area (Å²) >= 11 is 0. The van der Waals surface area contributed by atoms with Gasteiger partial charge in [-0.3, -0.25) is 14.5 Å². The van der Waals surface area contributed by atoms with Crippen LogP contribution < -0.4 is 11.1 Å². The third-order valence-corrected chi connectivity index (χ3v) is 4.34. The minimum Gasteiger partial charge on any atom is -0.323 e. The van der Waals surface area contributed by atoms with Crippen molar-refractivity contribution in [3.05, 3.63) is 30.2 Å². The van der Waals surface area contributed by atoms with Gasteiger partial charge in [-0.15, -0.1) is 0 Å². The zero-order chi connectivity index (χ0) is 16.6. The van der Waals surface area contributed by atoms with Crippen molar-refractivity contribution in [1.29, 1.82) is 0 Å². The highest BCUT2D eigenvalue weighted by Gasteiger charge is 2.27. The van der Waals surface area contributed by atoms with Crippen molar-refractivity contribution in [2.24, 2.45) is 18.7 Å². The number of rotatable bonds is 0. The fourth-order valence-corrected chi connectivity index (χ4v) is 2.82. The van der Waals surface area contributed by atoms with E-state index in [0.29, 0.717) is 17.8 Å². The molecular weight excluding hydrogens is 297 g/mol. The Morgan fingerprint density at radius 2 is 2.22 bits per heavy atom. The minimum atomic E-state index is -1.25. The summed E-state index contributed by atoms with van der Waals surface area (Å²) in [7, 11) is 1.79. The van der Waals surface area contributed by atoms with Crippen molar-refractivity contribution in [3.63, 3.8) is 0 Å². The van der Waals surface area contributed by atoms with Crippen molar-refractivity contribution < 1.29 is 9.18 Å². The van der Waals surface area contributed by atoms with Crippen molar-refractivity contribution >= 4 is 11.6 Å². The van der Waals surface area contributed by atoms with Crippen LogP contribution in [0.1, 0.15) is 31.5 Å². The summed E-state index contributed by atoms with van der Waals surface area (Å²) in [6.07, 6.45) is 2.65. The molecule has 0 spiro atoms. The number of pyridine rings is 1. The molecule has 0 fully saturated rings. The number of nitrogens with zero attached hydrogens (tertiary/aromatic N) is 3. The first-order chi connectivity index (χ1) is 11.0. The highest BCUT2D eigenvalue weighted by Crippen LogP contribution is 2.31. The van der Waals surface area contributed by atoms with E-state index in [1.807, 2.05) is 12.1 Å². The van der Waals surface area contributed by atoms with Crippen LogP contribution in [0.5, 0.6) is 0 Å². The second-order valence-corrected chi connectivity index (χ2v) is 5.98. The first kappa shape index (κ1) is 15.6. The number of halogens is 1. The Morgan fingerprint density at radius 3 is 3.00 bits per heavy atom. The van der Waals surface area contributed by atoms with Gasteiger partial charge in [0, 0.05) is 24.8 Å². The fourth-order valence-electron chi connectivity index (χ4n) is 2.82. The van der Waals surface area contributed by atoms with Crippen molar-refractivity contribution in [1.82, 2.24) is 14.8 Å². The summed E-state index contributed by atoms with van der Waals surface area (Å²) in [6.45, 7) is 1.59. The molecule has 1 aliphatic heterocycles. The molecule has 1 aliphatic rings. The maximum Gasteiger partial charge on any atom is 0.230 e. The van der Waals surface area contributed by atoms with Crippen molar-refractivity contribution in [2.75, 3.05) is 5.32 Å². The molecule has 0 saturated heterocycles. The number of nitrogens with two attached hydrogens (primary N) is 1. The summed E-state index contributed by atoms with van der Waals surface area (Å²) in [5.41, 5.74) is 9.02. The average molecular weight is 317 g/mol. The number of hydrogen-bond donors (Lipinski definition) is 2. The number of anilines is 1. The molecule has 3 rings (SSSR count). The van der Waals surface area contributed by atoms with Crippen LogP contribution in [-0.2, 0) is 11.8 Å². The molecule has 0 saturated carbocycles. The Morgan fingerprint density at radius 1 is 1.43 bits per heavy atom. The van der Waals surface area contributed by atoms with Crippen LogP contribution in [0.15, 0.2) is 24.5 Å². The van der Waals surface area contributed by atoms with E-state index >= 15 is 0 Å². The molecule has 3 N–H and O–H groups in total. The second kappa shape index (κ2) is 6.08. The molecule has 122 valence electrons. The molecule has 1 unspecified atom stereocenters. The van der Waals surface area contributed by atoms with Gasteiger partial charge >= 0.3 is 0 Å². The van der Waals surface area contributed by atoms with Gasteiger partial charge in [0.15, 0.2) is 0 Å². The number of alkyl halides is 1. The van der Waals surface area contributed by atoms with E-state index < -0.39 is 12.1 Å². The Balaban J connectivity index is 2.11. The topological polar surface area (TPSA) is 85.8 Å². The molecule has 6 nitrogen and oxygen atoms in total. The zero-order valence-electron chi connectivity index (χ0n) is 13.2. The molecule has 2 aromatic heterocycles. The van der Waals surface area contributed by atoms with Gasteiger partial charge in [0.05, 0.1) is 29.2 Å². The molecule has 3 heterocycles. The monoisotopic (exact) mass is 317 g/mol. The molecule has 23 heavy (non-hydrogen) atoms. The molecule has 3 atom stereocenters. The van der Waals surface area contributed by atoms with Crippen molar-refractivity contribution in [3.8, 4) is 11.3 Å². The predicted octanol–water partition coefficient (Wildman–Crippen LogP) is 2.19. The molecule has 0 aromatic carbocycles. The van der Waals surface area contributed by atoms with Gasteiger partial charge < -0.3 is 11.1 Å². The Labute approximate surface area is 133 Å². The fraction of sp³-hybridized carbons (Fsp3) is 0.438. The minimum absolute atomic E-state index is 0.224. The number of hydrogen-bond acceptors (Lipinski definition) is 4. The summed E-state index contributed by atoms with van der Waals surface area (Å²) < 4.78 is 16.0. The summed E-state index contributed by atoms with van der Waals surface area (Å²) in [5.74, 6) is -1.10. The van der Waals surface area contributed by atoms with E-state index in [9.17, 15) is 9.18 Å².